The number of benzene rings is 1. The summed E-state index contributed by atoms with van der Waals surface area (Å²) in [5.74, 6) is 0.445. The van der Waals surface area contributed by atoms with Crippen LogP contribution < -0.4 is 15.4 Å². The van der Waals surface area contributed by atoms with Gasteiger partial charge in [-0.2, -0.15) is 0 Å². The lowest BCUT2D eigenvalue weighted by Gasteiger charge is -2.15. The lowest BCUT2D eigenvalue weighted by atomic mass is 10.2. The molecule has 0 bridgehead atoms. The van der Waals surface area contributed by atoms with Gasteiger partial charge in [0.15, 0.2) is 5.75 Å². The Morgan fingerprint density at radius 3 is 3.04 bits per heavy atom. The van der Waals surface area contributed by atoms with Crippen molar-refractivity contribution in [1.82, 2.24) is 5.32 Å². The number of amides is 2. The summed E-state index contributed by atoms with van der Waals surface area (Å²) in [7, 11) is 0. The number of hydrogen-bond donors (Lipinski definition) is 2. The van der Waals surface area contributed by atoms with Gasteiger partial charge in [0.25, 0.3) is 0 Å². The first-order chi connectivity index (χ1) is 11.2. The van der Waals surface area contributed by atoms with Crippen LogP contribution in [0.2, 0.25) is 5.02 Å². The fourth-order valence-electron chi connectivity index (χ4n) is 2.28. The summed E-state index contributed by atoms with van der Waals surface area (Å²) in [5, 5.41) is 6.00. The number of ether oxygens (including phenoxy) is 3. The predicted molar refractivity (Wildman–Crippen MR) is 89.4 cm³/mol. The number of halogens is 1. The van der Waals surface area contributed by atoms with Crippen molar-refractivity contribution in [2.45, 2.75) is 25.9 Å². The minimum absolute atomic E-state index is 0.0991. The number of para-hydroxylation sites is 1. The highest BCUT2D eigenvalue weighted by atomic mass is 35.5. The topological polar surface area (TPSA) is 68.8 Å². The first-order valence-electron chi connectivity index (χ1n) is 7.86. The third kappa shape index (κ3) is 5.89. The van der Waals surface area contributed by atoms with Crippen LogP contribution in [0.1, 0.15) is 19.8 Å². The van der Waals surface area contributed by atoms with E-state index in [9.17, 15) is 4.79 Å². The van der Waals surface area contributed by atoms with Crippen LogP contribution in [0.25, 0.3) is 0 Å². The van der Waals surface area contributed by atoms with Gasteiger partial charge in [-0.15, -0.1) is 0 Å². The molecule has 1 aromatic carbocycles. The van der Waals surface area contributed by atoms with Crippen molar-refractivity contribution in [3.63, 3.8) is 0 Å². The van der Waals surface area contributed by atoms with Crippen LogP contribution in [0.4, 0.5) is 10.5 Å². The van der Waals surface area contributed by atoms with Crippen LogP contribution in [-0.4, -0.2) is 45.1 Å². The molecule has 7 heteroatoms. The van der Waals surface area contributed by atoms with Crippen molar-refractivity contribution >= 4 is 23.3 Å². The molecule has 2 rings (SSSR count). The Hall–Kier alpha value is -1.50. The van der Waals surface area contributed by atoms with Gasteiger partial charge in [0, 0.05) is 19.8 Å². The van der Waals surface area contributed by atoms with E-state index in [1.807, 2.05) is 6.92 Å². The molecule has 1 atom stereocenters. The van der Waals surface area contributed by atoms with Gasteiger partial charge < -0.3 is 24.8 Å². The molecule has 6 nitrogen and oxygen atoms in total. The molecule has 1 aliphatic rings. The van der Waals surface area contributed by atoms with Crippen molar-refractivity contribution < 1.29 is 19.0 Å². The summed E-state index contributed by atoms with van der Waals surface area (Å²) >= 11 is 6.15. The first-order valence-corrected chi connectivity index (χ1v) is 8.24. The van der Waals surface area contributed by atoms with Crippen LogP contribution in [-0.2, 0) is 9.47 Å². The molecule has 0 spiro atoms. The Bertz CT molecular complexity index is 507. The van der Waals surface area contributed by atoms with Crippen molar-refractivity contribution in [2.24, 2.45) is 0 Å². The molecule has 0 radical (unpaired) electrons. The Kier molecular flexibility index (Phi) is 7.45. The molecule has 0 aromatic heterocycles. The highest BCUT2D eigenvalue weighted by molar-refractivity contribution is 6.32. The van der Waals surface area contributed by atoms with Gasteiger partial charge in [0.2, 0.25) is 0 Å². The van der Waals surface area contributed by atoms with E-state index in [1.54, 1.807) is 18.2 Å². The average molecular weight is 343 g/mol. The zero-order valence-corrected chi connectivity index (χ0v) is 14.0. The summed E-state index contributed by atoms with van der Waals surface area (Å²) in [6.45, 7) is 4.63. The number of carbonyl (C=O) groups is 1. The summed E-state index contributed by atoms with van der Waals surface area (Å²) < 4.78 is 16.3. The molecule has 1 aliphatic heterocycles. The Morgan fingerprint density at radius 2 is 2.30 bits per heavy atom. The second kappa shape index (κ2) is 9.60. The minimum Gasteiger partial charge on any atom is -0.487 e. The van der Waals surface area contributed by atoms with Crippen LogP contribution >= 0.6 is 11.6 Å². The Labute approximate surface area is 141 Å². The fraction of sp³-hybridized carbons (Fsp3) is 0.562. The van der Waals surface area contributed by atoms with Crippen molar-refractivity contribution in [3.05, 3.63) is 23.2 Å². The SMILES string of the molecule is CCOCCOc1c(Cl)cccc1NC(=O)NCC1CCCO1. The maximum atomic E-state index is 12.0. The number of urea groups is 1. The van der Waals surface area contributed by atoms with Crippen molar-refractivity contribution in [3.8, 4) is 5.75 Å². The molecule has 1 unspecified atom stereocenters. The molecule has 2 N–H and O–H groups in total. The van der Waals surface area contributed by atoms with Crippen LogP contribution in [0.3, 0.4) is 0 Å². The number of nitrogens with one attached hydrogen (secondary N) is 2. The monoisotopic (exact) mass is 342 g/mol. The molecule has 1 fully saturated rings. The lowest BCUT2D eigenvalue weighted by molar-refractivity contribution is 0.110. The molecular weight excluding hydrogens is 320 g/mol. The first kappa shape index (κ1) is 17.8. The van der Waals surface area contributed by atoms with E-state index in [-0.39, 0.29) is 12.1 Å². The van der Waals surface area contributed by atoms with Gasteiger partial charge in [-0.05, 0) is 31.9 Å². The maximum absolute atomic E-state index is 12.0. The van der Waals surface area contributed by atoms with Crippen molar-refractivity contribution in [2.75, 3.05) is 38.3 Å². The third-order valence-corrected chi connectivity index (χ3v) is 3.71. The van der Waals surface area contributed by atoms with Crippen LogP contribution in [0.15, 0.2) is 18.2 Å². The second-order valence-electron chi connectivity index (χ2n) is 5.13. The standard InChI is InChI=1S/C16H23ClN2O4/c1-2-21-9-10-23-15-13(17)6-3-7-14(15)19-16(20)18-11-12-5-4-8-22-12/h3,6-7,12H,2,4-5,8-11H2,1H3,(H2,18,19,20). The second-order valence-corrected chi connectivity index (χ2v) is 5.54. The highest BCUT2D eigenvalue weighted by Crippen LogP contribution is 2.32. The van der Waals surface area contributed by atoms with Crippen molar-refractivity contribution in [1.29, 1.82) is 0 Å². The number of anilines is 1. The van der Waals surface area contributed by atoms with E-state index < -0.39 is 0 Å². The molecule has 23 heavy (non-hydrogen) atoms. The molecule has 1 heterocycles. The van der Waals surface area contributed by atoms with Crippen LogP contribution in [0.5, 0.6) is 5.75 Å². The number of rotatable bonds is 8. The largest absolute Gasteiger partial charge is 0.487 e. The zero-order valence-electron chi connectivity index (χ0n) is 13.3. The summed E-state index contributed by atoms with van der Waals surface area (Å²) in [6.07, 6.45) is 2.12. The van der Waals surface area contributed by atoms with E-state index in [4.69, 9.17) is 25.8 Å². The molecular formula is C16H23ClN2O4. The van der Waals surface area contributed by atoms with E-state index in [0.29, 0.717) is 42.8 Å². The molecule has 128 valence electrons. The zero-order chi connectivity index (χ0) is 16.5. The molecule has 0 saturated carbocycles. The summed E-state index contributed by atoms with van der Waals surface area (Å²) in [4.78, 5) is 12.0. The third-order valence-electron chi connectivity index (χ3n) is 3.41. The highest BCUT2D eigenvalue weighted by Gasteiger charge is 2.17. The predicted octanol–water partition coefficient (Wildman–Crippen LogP) is 3.06. The smallest absolute Gasteiger partial charge is 0.319 e. The van der Waals surface area contributed by atoms with Crippen LogP contribution in [0, 0.1) is 0 Å². The van der Waals surface area contributed by atoms with E-state index in [0.717, 1.165) is 19.4 Å². The average Bonchev–Trinajstić information content (AvgIpc) is 3.05. The fourth-order valence-corrected chi connectivity index (χ4v) is 2.51. The summed E-state index contributed by atoms with van der Waals surface area (Å²) in [5.41, 5.74) is 0.527. The Balaban J connectivity index is 1.87. The molecule has 1 aromatic rings. The summed E-state index contributed by atoms with van der Waals surface area (Å²) in [6, 6.07) is 4.91. The van der Waals surface area contributed by atoms with E-state index in [2.05, 4.69) is 10.6 Å². The quantitative estimate of drug-likeness (QED) is 0.712. The van der Waals surface area contributed by atoms with Gasteiger partial charge in [0.05, 0.1) is 23.4 Å². The van der Waals surface area contributed by atoms with Gasteiger partial charge in [-0.3, -0.25) is 0 Å². The van der Waals surface area contributed by atoms with E-state index in [1.165, 1.54) is 0 Å². The molecule has 0 aliphatic carbocycles. The molecule has 2 amide bonds. The van der Waals surface area contributed by atoms with E-state index >= 15 is 0 Å². The van der Waals surface area contributed by atoms with Gasteiger partial charge in [-0.25, -0.2) is 4.79 Å². The van der Waals surface area contributed by atoms with Gasteiger partial charge in [0.1, 0.15) is 6.61 Å². The minimum atomic E-state index is -0.308. The Morgan fingerprint density at radius 1 is 1.43 bits per heavy atom. The number of carbonyl (C=O) groups excluding carboxylic acids is 1. The lowest BCUT2D eigenvalue weighted by Crippen LogP contribution is -2.35. The maximum Gasteiger partial charge on any atom is 0.319 e. The van der Waals surface area contributed by atoms with Gasteiger partial charge >= 0.3 is 6.03 Å². The van der Waals surface area contributed by atoms with Gasteiger partial charge in [-0.1, -0.05) is 17.7 Å². The normalized spacial score (nSPS) is 17.0. The molecule has 1 saturated heterocycles. The number of hydrogen-bond acceptors (Lipinski definition) is 4.